The number of hydrogen-bond donors (Lipinski definition) is 1. The maximum absolute atomic E-state index is 5.75. The van der Waals surface area contributed by atoms with Crippen LogP contribution in [0.1, 0.15) is 5.69 Å². The minimum Gasteiger partial charge on any atom is -0.347 e. The van der Waals surface area contributed by atoms with Crippen molar-refractivity contribution < 1.29 is 0 Å². The molecule has 0 unspecified atom stereocenters. The van der Waals surface area contributed by atoms with Crippen LogP contribution in [0.3, 0.4) is 0 Å². The van der Waals surface area contributed by atoms with Gasteiger partial charge in [-0.15, -0.1) is 24.0 Å². The number of benzene rings is 1. The number of nitrogens with zero attached hydrogens (tertiary/aromatic N) is 1. The van der Waals surface area contributed by atoms with E-state index < -0.39 is 0 Å². The van der Waals surface area contributed by atoms with Crippen LogP contribution >= 0.6 is 24.0 Å². The Morgan fingerprint density at radius 3 is 2.57 bits per heavy atom. The lowest BCUT2D eigenvalue weighted by atomic mass is 10.1. The third-order valence-electron chi connectivity index (χ3n) is 1.90. The first kappa shape index (κ1) is 11.1. The summed E-state index contributed by atoms with van der Waals surface area (Å²) in [5, 5.41) is 0. The number of H-pyrrole nitrogens is 1. The third-order valence-corrected chi connectivity index (χ3v) is 2.17. The van der Waals surface area contributed by atoms with Crippen LogP contribution in [0.25, 0.3) is 11.3 Å². The van der Waals surface area contributed by atoms with Crippen LogP contribution < -0.4 is 0 Å². The van der Waals surface area contributed by atoms with Gasteiger partial charge in [0, 0.05) is 5.56 Å². The number of nitrogens with one attached hydrogen (secondary N) is 1. The van der Waals surface area contributed by atoms with Gasteiger partial charge in [0.15, 0.2) is 0 Å². The highest BCUT2D eigenvalue weighted by atomic mass is 35.5. The average Bonchev–Trinajstić information content (AvgIpc) is 2.67. The molecule has 0 atom stereocenters. The zero-order valence-corrected chi connectivity index (χ0v) is 8.98. The van der Waals surface area contributed by atoms with Gasteiger partial charge in [-0.1, -0.05) is 30.3 Å². The van der Waals surface area contributed by atoms with Gasteiger partial charge in [0.1, 0.15) is 0 Å². The fourth-order valence-corrected chi connectivity index (χ4v) is 1.47. The Morgan fingerprint density at radius 1 is 1.21 bits per heavy atom. The average molecular weight is 229 g/mol. The smallest absolute Gasteiger partial charge is 0.0929 e. The second-order valence-electron chi connectivity index (χ2n) is 2.73. The number of hydrogen-bond acceptors (Lipinski definition) is 1. The first-order valence-electron chi connectivity index (χ1n) is 4.05. The highest BCUT2D eigenvalue weighted by Crippen LogP contribution is 2.20. The first-order valence-corrected chi connectivity index (χ1v) is 4.59. The largest absolute Gasteiger partial charge is 0.347 e. The molecule has 1 aromatic carbocycles. The van der Waals surface area contributed by atoms with E-state index in [1.165, 1.54) is 0 Å². The summed E-state index contributed by atoms with van der Waals surface area (Å²) in [5.74, 6) is 0.463. The van der Waals surface area contributed by atoms with E-state index in [1.807, 2.05) is 30.3 Å². The number of aromatic amines is 1. The minimum atomic E-state index is 0. The molecular formula is C10H10Cl2N2. The van der Waals surface area contributed by atoms with Crippen molar-refractivity contribution in [1.82, 2.24) is 9.97 Å². The molecule has 14 heavy (non-hydrogen) atoms. The monoisotopic (exact) mass is 228 g/mol. The van der Waals surface area contributed by atoms with Gasteiger partial charge in [0.2, 0.25) is 0 Å². The van der Waals surface area contributed by atoms with Gasteiger partial charge in [-0.05, 0) is 0 Å². The van der Waals surface area contributed by atoms with Crippen molar-refractivity contribution >= 4 is 24.0 Å². The second kappa shape index (κ2) is 5.03. The second-order valence-corrected chi connectivity index (χ2v) is 3.00. The van der Waals surface area contributed by atoms with Crippen LogP contribution in [0.2, 0.25) is 0 Å². The Morgan fingerprint density at radius 2 is 1.93 bits per heavy atom. The van der Waals surface area contributed by atoms with Crippen molar-refractivity contribution in [3.05, 3.63) is 42.4 Å². The van der Waals surface area contributed by atoms with Crippen molar-refractivity contribution in [3.63, 3.8) is 0 Å². The van der Waals surface area contributed by atoms with E-state index in [1.54, 1.807) is 6.33 Å². The van der Waals surface area contributed by atoms with Gasteiger partial charge in [0.25, 0.3) is 0 Å². The van der Waals surface area contributed by atoms with Gasteiger partial charge >= 0.3 is 0 Å². The quantitative estimate of drug-likeness (QED) is 0.786. The summed E-state index contributed by atoms with van der Waals surface area (Å²) in [6.07, 6.45) is 1.67. The fraction of sp³-hybridized carbons (Fsp3) is 0.100. The standard InChI is InChI=1S/C10H9ClN2.ClH/c11-6-9-10(13-7-12-9)8-4-2-1-3-5-8;/h1-5,7H,6H2,(H,12,13);1H. The number of alkyl halides is 1. The van der Waals surface area contributed by atoms with Gasteiger partial charge in [-0.2, -0.15) is 0 Å². The molecule has 0 fully saturated rings. The van der Waals surface area contributed by atoms with Crippen molar-refractivity contribution in [2.24, 2.45) is 0 Å². The van der Waals surface area contributed by atoms with E-state index in [-0.39, 0.29) is 12.4 Å². The summed E-state index contributed by atoms with van der Waals surface area (Å²) in [6, 6.07) is 10.00. The van der Waals surface area contributed by atoms with Crippen LogP contribution in [-0.4, -0.2) is 9.97 Å². The molecule has 0 saturated carbocycles. The molecule has 4 heteroatoms. The molecule has 2 aromatic rings. The number of imidazole rings is 1. The summed E-state index contributed by atoms with van der Waals surface area (Å²) in [4.78, 5) is 7.23. The van der Waals surface area contributed by atoms with Crippen molar-refractivity contribution in [2.75, 3.05) is 0 Å². The van der Waals surface area contributed by atoms with Crippen LogP contribution in [0.4, 0.5) is 0 Å². The van der Waals surface area contributed by atoms with Crippen molar-refractivity contribution in [3.8, 4) is 11.3 Å². The van der Waals surface area contributed by atoms with Gasteiger partial charge < -0.3 is 4.98 Å². The summed E-state index contributed by atoms with van der Waals surface area (Å²) in [6.45, 7) is 0. The van der Waals surface area contributed by atoms with Gasteiger partial charge in [-0.3, -0.25) is 0 Å². The Labute approximate surface area is 93.7 Å². The number of rotatable bonds is 2. The molecule has 0 saturated heterocycles. The normalized spacial score (nSPS) is 9.50. The maximum atomic E-state index is 5.75. The molecule has 0 aliphatic heterocycles. The molecule has 1 aromatic heterocycles. The fourth-order valence-electron chi connectivity index (χ4n) is 1.27. The summed E-state index contributed by atoms with van der Waals surface area (Å²) >= 11 is 5.75. The van der Waals surface area contributed by atoms with Crippen LogP contribution in [0.15, 0.2) is 36.7 Å². The van der Waals surface area contributed by atoms with E-state index in [9.17, 15) is 0 Å². The predicted molar refractivity (Wildman–Crippen MR) is 60.8 cm³/mol. The van der Waals surface area contributed by atoms with Crippen LogP contribution in [0, 0.1) is 0 Å². The Balaban J connectivity index is 0.000000980. The maximum Gasteiger partial charge on any atom is 0.0929 e. The zero-order chi connectivity index (χ0) is 9.10. The Bertz CT molecular complexity index is 384. The molecule has 2 rings (SSSR count). The van der Waals surface area contributed by atoms with Crippen molar-refractivity contribution in [1.29, 1.82) is 0 Å². The lowest BCUT2D eigenvalue weighted by molar-refractivity contribution is 1.22. The SMILES string of the molecule is Cl.ClCc1[nH]cnc1-c1ccccc1. The topological polar surface area (TPSA) is 28.7 Å². The summed E-state index contributed by atoms with van der Waals surface area (Å²) < 4.78 is 0. The van der Waals surface area contributed by atoms with Crippen LogP contribution in [0.5, 0.6) is 0 Å². The number of halogens is 2. The summed E-state index contributed by atoms with van der Waals surface area (Å²) in [5.41, 5.74) is 3.00. The molecule has 0 spiro atoms. The molecule has 0 radical (unpaired) electrons. The molecule has 2 nitrogen and oxygen atoms in total. The van der Waals surface area contributed by atoms with E-state index in [2.05, 4.69) is 9.97 Å². The number of aromatic nitrogens is 2. The zero-order valence-electron chi connectivity index (χ0n) is 7.40. The Kier molecular flexibility index (Phi) is 3.98. The van der Waals surface area contributed by atoms with E-state index in [0.29, 0.717) is 5.88 Å². The molecule has 0 aliphatic carbocycles. The lowest BCUT2D eigenvalue weighted by Gasteiger charge is -1.98. The molecule has 0 amide bonds. The highest BCUT2D eigenvalue weighted by Gasteiger charge is 2.05. The molecule has 1 heterocycles. The Hall–Kier alpha value is -0.990. The van der Waals surface area contributed by atoms with Crippen molar-refractivity contribution in [2.45, 2.75) is 5.88 Å². The molecule has 0 bridgehead atoms. The third kappa shape index (κ3) is 2.08. The lowest BCUT2D eigenvalue weighted by Crippen LogP contribution is -1.83. The van der Waals surface area contributed by atoms with Gasteiger partial charge in [0.05, 0.1) is 23.6 Å². The van der Waals surface area contributed by atoms with Gasteiger partial charge in [-0.25, -0.2) is 4.98 Å². The highest BCUT2D eigenvalue weighted by molar-refractivity contribution is 6.17. The van der Waals surface area contributed by atoms with E-state index in [0.717, 1.165) is 17.0 Å². The van der Waals surface area contributed by atoms with Crippen LogP contribution in [-0.2, 0) is 5.88 Å². The minimum absolute atomic E-state index is 0. The summed E-state index contributed by atoms with van der Waals surface area (Å²) in [7, 11) is 0. The molecule has 1 N–H and O–H groups in total. The predicted octanol–water partition coefficient (Wildman–Crippen LogP) is 3.24. The molecular weight excluding hydrogens is 219 g/mol. The molecule has 0 aliphatic rings. The first-order chi connectivity index (χ1) is 6.42. The molecule has 74 valence electrons. The van der Waals surface area contributed by atoms with E-state index in [4.69, 9.17) is 11.6 Å². The van der Waals surface area contributed by atoms with E-state index >= 15 is 0 Å².